The van der Waals surface area contributed by atoms with Crippen molar-refractivity contribution in [3.63, 3.8) is 0 Å². The van der Waals surface area contributed by atoms with Crippen molar-refractivity contribution >= 4 is 11.9 Å². The molecule has 0 saturated heterocycles. The first-order chi connectivity index (χ1) is 10.6. The van der Waals surface area contributed by atoms with Crippen molar-refractivity contribution in [3.05, 3.63) is 59.5 Å². The molecule has 1 N–H and O–H groups in total. The Morgan fingerprint density at radius 1 is 1.36 bits per heavy atom. The summed E-state index contributed by atoms with van der Waals surface area (Å²) >= 11 is 0. The minimum atomic E-state index is -0.809. The summed E-state index contributed by atoms with van der Waals surface area (Å²) in [6.45, 7) is 1.56. The molecule has 1 heterocycles. The predicted molar refractivity (Wildman–Crippen MR) is 76.6 cm³/mol. The Bertz CT molecular complexity index is 701. The first-order valence-electron chi connectivity index (χ1n) is 6.60. The molecule has 0 spiro atoms. The van der Waals surface area contributed by atoms with E-state index in [0.717, 1.165) is 0 Å². The molecule has 6 heteroatoms. The number of hydrogen-bond acceptors (Lipinski definition) is 5. The largest absolute Gasteiger partial charge is 0.459 e. The fourth-order valence-electron chi connectivity index (χ4n) is 1.74. The average Bonchev–Trinajstić information content (AvgIpc) is 3.07. The Morgan fingerprint density at radius 3 is 2.86 bits per heavy atom. The van der Waals surface area contributed by atoms with Crippen LogP contribution in [0.2, 0.25) is 0 Å². The summed E-state index contributed by atoms with van der Waals surface area (Å²) in [7, 11) is 0. The topological polar surface area (TPSA) is 92.3 Å². The Labute approximate surface area is 127 Å². The minimum absolute atomic E-state index is 0.0370. The first-order valence-corrected chi connectivity index (χ1v) is 6.60. The van der Waals surface area contributed by atoms with Gasteiger partial charge in [-0.05, 0) is 36.8 Å². The Hall–Kier alpha value is -3.07. The van der Waals surface area contributed by atoms with Crippen LogP contribution in [0.4, 0.5) is 0 Å². The molecule has 0 bridgehead atoms. The summed E-state index contributed by atoms with van der Waals surface area (Å²) in [5, 5.41) is 11.3. The van der Waals surface area contributed by atoms with E-state index in [1.165, 1.54) is 19.3 Å². The van der Waals surface area contributed by atoms with Crippen molar-refractivity contribution < 1.29 is 18.7 Å². The lowest BCUT2D eigenvalue weighted by Gasteiger charge is -2.12. The maximum absolute atomic E-state index is 11.8. The Morgan fingerprint density at radius 2 is 2.18 bits per heavy atom. The molecule has 0 unspecified atom stereocenters. The summed E-state index contributed by atoms with van der Waals surface area (Å²) in [6, 6.07) is 11.1. The normalized spacial score (nSPS) is 11.3. The van der Waals surface area contributed by atoms with Gasteiger partial charge in [0, 0.05) is 0 Å². The molecule has 0 radical (unpaired) electrons. The van der Waals surface area contributed by atoms with E-state index in [4.69, 9.17) is 14.4 Å². The summed E-state index contributed by atoms with van der Waals surface area (Å²) < 4.78 is 10.0. The van der Waals surface area contributed by atoms with E-state index in [0.29, 0.717) is 11.1 Å². The van der Waals surface area contributed by atoms with Crippen molar-refractivity contribution in [2.75, 3.05) is 0 Å². The second-order valence-corrected chi connectivity index (χ2v) is 4.59. The van der Waals surface area contributed by atoms with E-state index >= 15 is 0 Å². The van der Waals surface area contributed by atoms with Gasteiger partial charge in [0.1, 0.15) is 12.6 Å². The molecule has 0 saturated carbocycles. The smallest absolute Gasteiger partial charge is 0.328 e. The van der Waals surface area contributed by atoms with Crippen LogP contribution in [-0.4, -0.2) is 17.9 Å². The number of nitrogens with one attached hydrogen (secondary N) is 1. The molecular formula is C16H14N2O4. The van der Waals surface area contributed by atoms with Crippen molar-refractivity contribution in [1.82, 2.24) is 5.32 Å². The molecule has 1 atom stereocenters. The van der Waals surface area contributed by atoms with E-state index < -0.39 is 17.9 Å². The lowest BCUT2D eigenvalue weighted by Crippen LogP contribution is -2.39. The molecule has 0 aliphatic heterocycles. The summed E-state index contributed by atoms with van der Waals surface area (Å²) in [5.41, 5.74) is 1.20. The lowest BCUT2D eigenvalue weighted by molar-refractivity contribution is -0.146. The zero-order valence-corrected chi connectivity index (χ0v) is 11.9. The highest BCUT2D eigenvalue weighted by Crippen LogP contribution is 2.07. The number of nitrogens with zero attached hydrogens (tertiary/aromatic N) is 1. The zero-order valence-electron chi connectivity index (χ0n) is 11.9. The molecule has 112 valence electrons. The van der Waals surface area contributed by atoms with Crippen LogP contribution in [0.3, 0.4) is 0 Å². The van der Waals surface area contributed by atoms with Gasteiger partial charge in [0.25, 0.3) is 5.91 Å². The van der Waals surface area contributed by atoms with Crippen LogP contribution in [0.25, 0.3) is 0 Å². The van der Waals surface area contributed by atoms with Crippen LogP contribution >= 0.6 is 0 Å². The molecule has 1 amide bonds. The van der Waals surface area contributed by atoms with Crippen LogP contribution < -0.4 is 5.32 Å². The number of amides is 1. The maximum atomic E-state index is 11.8. The molecule has 6 nitrogen and oxygen atoms in total. The average molecular weight is 298 g/mol. The summed E-state index contributed by atoms with van der Waals surface area (Å²) in [5.74, 6) is -0.926. The third kappa shape index (κ3) is 3.96. The quantitative estimate of drug-likeness (QED) is 0.852. The van der Waals surface area contributed by atoms with Gasteiger partial charge in [0.15, 0.2) is 5.76 Å². The third-order valence-corrected chi connectivity index (χ3v) is 2.88. The molecule has 1 aromatic heterocycles. The number of furan rings is 1. The number of rotatable bonds is 5. The highest BCUT2D eigenvalue weighted by molar-refractivity contribution is 5.94. The predicted octanol–water partition coefficient (Wildman–Crippen LogP) is 2.01. The van der Waals surface area contributed by atoms with Crippen LogP contribution in [0.1, 0.15) is 28.6 Å². The fraction of sp³-hybridized carbons (Fsp3) is 0.188. The molecule has 0 aliphatic rings. The number of ether oxygens (including phenoxy) is 1. The van der Waals surface area contributed by atoms with Crippen molar-refractivity contribution in [2.45, 2.75) is 19.6 Å². The molecule has 2 rings (SSSR count). The van der Waals surface area contributed by atoms with Gasteiger partial charge in [-0.2, -0.15) is 5.26 Å². The van der Waals surface area contributed by atoms with Crippen LogP contribution in [-0.2, 0) is 16.1 Å². The SMILES string of the molecule is C[C@@H](NC(=O)c1ccco1)C(=O)OCc1cccc(C#N)c1. The van der Waals surface area contributed by atoms with Gasteiger partial charge >= 0.3 is 5.97 Å². The molecule has 0 fully saturated rings. The van der Waals surface area contributed by atoms with Gasteiger partial charge in [-0.1, -0.05) is 12.1 Å². The highest BCUT2D eigenvalue weighted by Gasteiger charge is 2.19. The minimum Gasteiger partial charge on any atom is -0.459 e. The van der Waals surface area contributed by atoms with E-state index in [1.807, 2.05) is 6.07 Å². The second-order valence-electron chi connectivity index (χ2n) is 4.59. The van der Waals surface area contributed by atoms with Crippen LogP contribution in [0.5, 0.6) is 0 Å². The second kappa shape index (κ2) is 7.09. The molecule has 0 aliphatic carbocycles. The number of hydrogen-bond donors (Lipinski definition) is 1. The van der Waals surface area contributed by atoms with Gasteiger partial charge in [-0.25, -0.2) is 4.79 Å². The zero-order chi connectivity index (χ0) is 15.9. The Balaban J connectivity index is 1.86. The highest BCUT2D eigenvalue weighted by atomic mass is 16.5. The van der Waals surface area contributed by atoms with E-state index in [9.17, 15) is 9.59 Å². The van der Waals surface area contributed by atoms with Crippen molar-refractivity contribution in [2.24, 2.45) is 0 Å². The van der Waals surface area contributed by atoms with Gasteiger partial charge in [0.2, 0.25) is 0 Å². The molecular weight excluding hydrogens is 284 g/mol. The number of benzene rings is 1. The van der Waals surface area contributed by atoms with Gasteiger partial charge < -0.3 is 14.5 Å². The van der Waals surface area contributed by atoms with Gasteiger partial charge in [-0.3, -0.25) is 4.79 Å². The number of esters is 1. The van der Waals surface area contributed by atoms with E-state index in [-0.39, 0.29) is 12.4 Å². The van der Waals surface area contributed by atoms with Gasteiger partial charge in [0.05, 0.1) is 17.9 Å². The van der Waals surface area contributed by atoms with Crippen LogP contribution in [0.15, 0.2) is 47.1 Å². The fourth-order valence-corrected chi connectivity index (χ4v) is 1.74. The number of carbonyl (C=O) groups is 2. The number of carbonyl (C=O) groups excluding carboxylic acids is 2. The number of nitriles is 1. The Kier molecular flexibility index (Phi) is 4.94. The monoisotopic (exact) mass is 298 g/mol. The van der Waals surface area contributed by atoms with Gasteiger partial charge in [-0.15, -0.1) is 0 Å². The molecule has 22 heavy (non-hydrogen) atoms. The van der Waals surface area contributed by atoms with E-state index in [2.05, 4.69) is 5.32 Å². The van der Waals surface area contributed by atoms with Crippen LogP contribution in [0, 0.1) is 11.3 Å². The maximum Gasteiger partial charge on any atom is 0.328 e. The lowest BCUT2D eigenvalue weighted by atomic mass is 10.1. The van der Waals surface area contributed by atoms with Crippen molar-refractivity contribution in [1.29, 1.82) is 5.26 Å². The first kappa shape index (κ1) is 15.3. The standard InChI is InChI=1S/C16H14N2O4/c1-11(18-15(19)14-6-3-7-21-14)16(20)22-10-13-5-2-4-12(8-13)9-17/h2-8,11H,10H2,1H3,(H,18,19)/t11-/m1/s1. The van der Waals surface area contributed by atoms with Crippen molar-refractivity contribution in [3.8, 4) is 6.07 Å². The summed E-state index contributed by atoms with van der Waals surface area (Å²) in [4.78, 5) is 23.6. The molecule has 2 aromatic rings. The summed E-state index contributed by atoms with van der Waals surface area (Å²) in [6.07, 6.45) is 1.38. The third-order valence-electron chi connectivity index (χ3n) is 2.88. The van der Waals surface area contributed by atoms with E-state index in [1.54, 1.807) is 30.3 Å². The molecule has 1 aromatic carbocycles.